The van der Waals surface area contributed by atoms with E-state index in [1.165, 1.54) is 18.2 Å². The number of benzene rings is 1. The molecule has 96 valence electrons. The summed E-state index contributed by atoms with van der Waals surface area (Å²) in [5, 5.41) is 0. The lowest BCUT2D eigenvalue weighted by Crippen LogP contribution is -2.52. The average molecular weight is 260 g/mol. The van der Waals surface area contributed by atoms with Gasteiger partial charge in [-0.3, -0.25) is 0 Å². The number of halogens is 7. The number of alkyl halides is 7. The molecule has 0 saturated heterocycles. The zero-order valence-corrected chi connectivity index (χ0v) is 8.24. The Bertz CT molecular complexity index is 366. The summed E-state index contributed by atoms with van der Waals surface area (Å²) >= 11 is 0. The summed E-state index contributed by atoms with van der Waals surface area (Å²) in [6, 6.07) is 6.10. The van der Waals surface area contributed by atoms with E-state index in [1.807, 2.05) is 0 Å². The van der Waals surface area contributed by atoms with Gasteiger partial charge in [-0.15, -0.1) is 0 Å². The molecule has 1 rings (SSSR count). The maximum Gasteiger partial charge on any atom is 0.459 e. The Morgan fingerprint density at radius 2 is 1.24 bits per heavy atom. The SMILES string of the molecule is FC(F)(F)C(F)(F)C(F)(F)Cc1ccccc1. The van der Waals surface area contributed by atoms with E-state index in [1.54, 1.807) is 0 Å². The fourth-order valence-electron chi connectivity index (χ4n) is 1.17. The molecule has 17 heavy (non-hydrogen) atoms. The quantitative estimate of drug-likeness (QED) is 0.719. The number of rotatable bonds is 3. The fourth-order valence-corrected chi connectivity index (χ4v) is 1.17. The van der Waals surface area contributed by atoms with Crippen molar-refractivity contribution in [2.75, 3.05) is 0 Å². The van der Waals surface area contributed by atoms with Gasteiger partial charge in [0.25, 0.3) is 0 Å². The molecular weight excluding hydrogens is 253 g/mol. The lowest BCUT2D eigenvalue weighted by molar-refractivity contribution is -0.354. The maximum absolute atomic E-state index is 12.9. The molecule has 0 unspecified atom stereocenters. The van der Waals surface area contributed by atoms with Crippen molar-refractivity contribution in [2.45, 2.75) is 24.4 Å². The zero-order valence-electron chi connectivity index (χ0n) is 8.24. The van der Waals surface area contributed by atoms with Gasteiger partial charge in [0.2, 0.25) is 0 Å². The third-order valence-electron chi connectivity index (χ3n) is 2.08. The summed E-state index contributed by atoms with van der Waals surface area (Å²) in [5.74, 6) is -11.2. The van der Waals surface area contributed by atoms with Crippen molar-refractivity contribution >= 4 is 0 Å². The van der Waals surface area contributed by atoms with E-state index in [2.05, 4.69) is 0 Å². The first-order chi connectivity index (χ1) is 7.58. The van der Waals surface area contributed by atoms with Gasteiger partial charge in [0.15, 0.2) is 0 Å². The summed E-state index contributed by atoms with van der Waals surface area (Å²) in [4.78, 5) is 0. The Hall–Kier alpha value is -1.27. The van der Waals surface area contributed by atoms with Crippen molar-refractivity contribution in [3.05, 3.63) is 35.9 Å². The molecule has 0 nitrogen and oxygen atoms in total. The van der Waals surface area contributed by atoms with Crippen LogP contribution in [0.3, 0.4) is 0 Å². The van der Waals surface area contributed by atoms with E-state index in [0.717, 1.165) is 12.1 Å². The molecule has 0 spiro atoms. The van der Waals surface area contributed by atoms with Crippen LogP contribution in [0.15, 0.2) is 30.3 Å². The molecule has 7 heteroatoms. The highest BCUT2D eigenvalue weighted by atomic mass is 19.4. The van der Waals surface area contributed by atoms with Crippen molar-refractivity contribution in [2.24, 2.45) is 0 Å². The molecular formula is C10H7F7. The first-order valence-electron chi connectivity index (χ1n) is 4.44. The highest BCUT2D eigenvalue weighted by Gasteiger charge is 2.72. The van der Waals surface area contributed by atoms with Gasteiger partial charge in [-0.2, -0.15) is 30.7 Å². The second-order valence-electron chi connectivity index (χ2n) is 3.44. The van der Waals surface area contributed by atoms with Crippen molar-refractivity contribution in [3.63, 3.8) is 0 Å². The summed E-state index contributed by atoms with van der Waals surface area (Å²) in [5.41, 5.74) is -0.290. The standard InChI is InChI=1S/C10H7F7/c11-8(12,9(13,14)10(15,16)17)6-7-4-2-1-3-5-7/h1-5H,6H2. The van der Waals surface area contributed by atoms with Crippen LogP contribution in [0.5, 0.6) is 0 Å². The molecule has 0 aliphatic rings. The fraction of sp³-hybridized carbons (Fsp3) is 0.400. The van der Waals surface area contributed by atoms with E-state index in [9.17, 15) is 30.7 Å². The first kappa shape index (κ1) is 13.8. The van der Waals surface area contributed by atoms with Crippen molar-refractivity contribution < 1.29 is 30.7 Å². The second-order valence-corrected chi connectivity index (χ2v) is 3.44. The van der Waals surface area contributed by atoms with Crippen LogP contribution < -0.4 is 0 Å². The molecule has 0 aliphatic carbocycles. The third kappa shape index (κ3) is 2.70. The highest BCUT2D eigenvalue weighted by Crippen LogP contribution is 2.47. The van der Waals surface area contributed by atoms with E-state index in [4.69, 9.17) is 0 Å². The topological polar surface area (TPSA) is 0 Å². The van der Waals surface area contributed by atoms with Crippen LogP contribution in [0, 0.1) is 0 Å². The van der Waals surface area contributed by atoms with Crippen molar-refractivity contribution in [1.82, 2.24) is 0 Å². The van der Waals surface area contributed by atoms with Crippen molar-refractivity contribution in [3.8, 4) is 0 Å². The Morgan fingerprint density at radius 3 is 1.65 bits per heavy atom. The van der Waals surface area contributed by atoms with Gasteiger partial charge < -0.3 is 0 Å². The second kappa shape index (κ2) is 4.19. The Kier molecular flexibility index (Phi) is 3.40. The number of hydrogen-bond donors (Lipinski definition) is 0. The van der Waals surface area contributed by atoms with Gasteiger partial charge in [0.05, 0.1) is 0 Å². The Morgan fingerprint density at radius 1 is 0.765 bits per heavy atom. The van der Waals surface area contributed by atoms with E-state index in [0.29, 0.717) is 0 Å². The monoisotopic (exact) mass is 260 g/mol. The summed E-state index contributed by atoms with van der Waals surface area (Å²) in [6.45, 7) is 0. The molecule has 0 aliphatic heterocycles. The Labute approximate surface area is 92.0 Å². The minimum atomic E-state index is -6.27. The molecule has 0 amide bonds. The van der Waals surface area contributed by atoms with E-state index >= 15 is 0 Å². The molecule has 1 aromatic carbocycles. The van der Waals surface area contributed by atoms with Gasteiger partial charge >= 0.3 is 18.0 Å². The predicted molar refractivity (Wildman–Crippen MR) is 46.1 cm³/mol. The smallest absolute Gasteiger partial charge is 0.199 e. The van der Waals surface area contributed by atoms with Crippen LogP contribution in [0.1, 0.15) is 5.56 Å². The van der Waals surface area contributed by atoms with Crippen molar-refractivity contribution in [1.29, 1.82) is 0 Å². The predicted octanol–water partition coefficient (Wildman–Crippen LogP) is 4.06. The van der Waals surface area contributed by atoms with Crippen LogP contribution in [0.2, 0.25) is 0 Å². The molecule has 0 saturated carbocycles. The van der Waals surface area contributed by atoms with E-state index in [-0.39, 0.29) is 5.56 Å². The van der Waals surface area contributed by atoms with Crippen LogP contribution in [-0.4, -0.2) is 18.0 Å². The first-order valence-corrected chi connectivity index (χ1v) is 4.44. The van der Waals surface area contributed by atoms with Gasteiger partial charge in [0, 0.05) is 6.42 Å². The van der Waals surface area contributed by atoms with Gasteiger partial charge in [-0.1, -0.05) is 30.3 Å². The molecule has 0 fully saturated rings. The zero-order chi connectivity index (χ0) is 13.3. The average Bonchev–Trinajstić information content (AvgIpc) is 2.16. The largest absolute Gasteiger partial charge is 0.459 e. The summed E-state index contributed by atoms with van der Waals surface area (Å²) < 4.78 is 86.3. The summed E-state index contributed by atoms with van der Waals surface area (Å²) in [7, 11) is 0. The lowest BCUT2D eigenvalue weighted by atomic mass is 10.0. The Balaban J connectivity index is 2.96. The minimum absolute atomic E-state index is 0.290. The maximum atomic E-state index is 12.9. The number of hydrogen-bond acceptors (Lipinski definition) is 0. The van der Waals surface area contributed by atoms with Crippen LogP contribution in [-0.2, 0) is 6.42 Å². The van der Waals surface area contributed by atoms with Gasteiger partial charge in [-0.05, 0) is 5.56 Å². The molecule has 1 aromatic rings. The van der Waals surface area contributed by atoms with E-state index < -0.39 is 24.4 Å². The normalized spacial score (nSPS) is 13.8. The molecule has 0 bridgehead atoms. The molecule has 0 aromatic heterocycles. The summed E-state index contributed by atoms with van der Waals surface area (Å²) in [6.07, 6.45) is -7.94. The van der Waals surface area contributed by atoms with Gasteiger partial charge in [-0.25, -0.2) is 0 Å². The van der Waals surface area contributed by atoms with Crippen LogP contribution >= 0.6 is 0 Å². The molecule has 0 atom stereocenters. The molecule has 0 N–H and O–H groups in total. The van der Waals surface area contributed by atoms with Crippen LogP contribution in [0.25, 0.3) is 0 Å². The third-order valence-corrected chi connectivity index (χ3v) is 2.08. The lowest BCUT2D eigenvalue weighted by Gasteiger charge is -2.28. The highest BCUT2D eigenvalue weighted by molar-refractivity contribution is 5.17. The van der Waals surface area contributed by atoms with Crippen LogP contribution in [0.4, 0.5) is 30.7 Å². The molecule has 0 heterocycles. The molecule has 0 radical (unpaired) electrons. The minimum Gasteiger partial charge on any atom is -0.199 e. The van der Waals surface area contributed by atoms with Gasteiger partial charge in [0.1, 0.15) is 0 Å².